The molecule has 0 radical (unpaired) electrons. The van der Waals surface area contributed by atoms with Crippen LogP contribution in [-0.4, -0.2) is 17.9 Å². The zero-order valence-corrected chi connectivity index (χ0v) is 13.5. The van der Waals surface area contributed by atoms with Crippen molar-refractivity contribution in [2.45, 2.75) is 45.1 Å². The maximum atomic E-state index is 9.42. The van der Waals surface area contributed by atoms with Gasteiger partial charge in [-0.15, -0.1) is 0 Å². The number of hydrogen-bond acceptors (Lipinski definition) is 5. The van der Waals surface area contributed by atoms with Crippen LogP contribution in [0.3, 0.4) is 0 Å². The molecule has 0 aliphatic carbocycles. The molecular formula is C17H21N5. The lowest BCUT2D eigenvalue weighted by atomic mass is 9.79. The van der Waals surface area contributed by atoms with Gasteiger partial charge in [-0.05, 0) is 44.4 Å². The van der Waals surface area contributed by atoms with Crippen molar-refractivity contribution in [3.63, 3.8) is 0 Å². The second kappa shape index (κ2) is 5.69. The maximum Gasteiger partial charge on any atom is 0.113 e. The van der Waals surface area contributed by atoms with E-state index in [1.54, 1.807) is 6.34 Å². The van der Waals surface area contributed by atoms with E-state index in [0.717, 1.165) is 16.7 Å². The van der Waals surface area contributed by atoms with E-state index >= 15 is 0 Å². The molecule has 0 saturated heterocycles. The number of nitrogens with one attached hydrogen (secondary N) is 1. The molecule has 1 aliphatic rings. The predicted molar refractivity (Wildman–Crippen MR) is 85.8 cm³/mol. The topological polar surface area (TPSA) is 75.2 Å². The molecule has 1 aliphatic heterocycles. The van der Waals surface area contributed by atoms with Gasteiger partial charge in [-0.2, -0.15) is 15.6 Å². The quantitative estimate of drug-likeness (QED) is 0.926. The minimum absolute atomic E-state index is 0.590. The van der Waals surface area contributed by atoms with Crippen molar-refractivity contribution in [3.8, 4) is 12.1 Å². The Bertz CT molecular complexity index is 629. The van der Waals surface area contributed by atoms with Gasteiger partial charge in [0.05, 0.1) is 23.0 Å². The van der Waals surface area contributed by atoms with Crippen molar-refractivity contribution < 1.29 is 0 Å². The van der Waals surface area contributed by atoms with Gasteiger partial charge in [-0.1, -0.05) is 18.2 Å². The zero-order valence-electron chi connectivity index (χ0n) is 13.5. The second-order valence-electron chi connectivity index (χ2n) is 6.70. The minimum Gasteiger partial charge on any atom is -0.338 e. The molecule has 0 spiro atoms. The lowest BCUT2D eigenvalue weighted by molar-refractivity contribution is 0.427. The number of rotatable bonds is 4. The fraction of sp³-hybridized carbons (Fsp3) is 0.471. The Balaban J connectivity index is 2.47. The molecule has 1 aromatic carbocycles. The highest BCUT2D eigenvalue weighted by Crippen LogP contribution is 2.30. The molecule has 0 amide bonds. The van der Waals surface area contributed by atoms with E-state index in [-0.39, 0.29) is 0 Å². The fourth-order valence-corrected chi connectivity index (χ4v) is 2.26. The molecule has 0 bridgehead atoms. The van der Waals surface area contributed by atoms with Crippen LogP contribution in [0.4, 0.5) is 0 Å². The smallest absolute Gasteiger partial charge is 0.113 e. The van der Waals surface area contributed by atoms with Crippen LogP contribution in [0.2, 0.25) is 0 Å². The summed E-state index contributed by atoms with van der Waals surface area (Å²) in [7, 11) is 0. The number of benzene rings is 1. The van der Waals surface area contributed by atoms with Crippen molar-refractivity contribution in [3.05, 3.63) is 34.9 Å². The monoisotopic (exact) mass is 295 g/mol. The van der Waals surface area contributed by atoms with Gasteiger partial charge in [0.1, 0.15) is 13.0 Å². The van der Waals surface area contributed by atoms with Crippen molar-refractivity contribution in [1.82, 2.24) is 10.3 Å². The molecule has 0 aromatic heterocycles. The van der Waals surface area contributed by atoms with Crippen LogP contribution in [0.15, 0.2) is 23.3 Å². The van der Waals surface area contributed by atoms with E-state index in [9.17, 15) is 10.5 Å². The molecule has 0 unspecified atom stereocenters. The van der Waals surface area contributed by atoms with Gasteiger partial charge < -0.3 is 4.90 Å². The Morgan fingerprint density at radius 2 is 1.64 bits per heavy atom. The van der Waals surface area contributed by atoms with Gasteiger partial charge in [0.15, 0.2) is 0 Å². The molecule has 1 heterocycles. The average molecular weight is 295 g/mol. The molecule has 0 fully saturated rings. The van der Waals surface area contributed by atoms with Crippen molar-refractivity contribution in [2.24, 2.45) is 5.10 Å². The van der Waals surface area contributed by atoms with Crippen LogP contribution in [0.25, 0.3) is 0 Å². The molecule has 0 saturated carbocycles. The lowest BCUT2D eigenvalue weighted by Crippen LogP contribution is -2.24. The van der Waals surface area contributed by atoms with Crippen LogP contribution >= 0.6 is 0 Å². The minimum atomic E-state index is -0.590. The number of nitriles is 2. The standard InChI is InChI=1S/C17H21N5/c1-16(2,9-18)14-5-13(8-22-11-20-21-12-22)6-15(7-14)17(3,4)10-19/h5-7,11,21H,8,12H2,1-4H3. The van der Waals surface area contributed by atoms with Crippen LogP contribution in [0.5, 0.6) is 0 Å². The van der Waals surface area contributed by atoms with Gasteiger partial charge in [-0.3, -0.25) is 5.43 Å². The Morgan fingerprint density at radius 3 is 2.05 bits per heavy atom. The Morgan fingerprint density at radius 1 is 1.09 bits per heavy atom. The third-order valence-electron chi connectivity index (χ3n) is 3.97. The first-order valence-corrected chi connectivity index (χ1v) is 7.26. The summed E-state index contributed by atoms with van der Waals surface area (Å²) in [5, 5.41) is 22.8. The Kier molecular flexibility index (Phi) is 4.10. The fourth-order valence-electron chi connectivity index (χ4n) is 2.26. The normalized spacial score (nSPS) is 14.4. The molecule has 1 N–H and O–H groups in total. The van der Waals surface area contributed by atoms with Crippen molar-refractivity contribution in [2.75, 3.05) is 6.67 Å². The predicted octanol–water partition coefficient (Wildman–Crippen LogP) is 2.59. The molecule has 5 heteroatoms. The van der Waals surface area contributed by atoms with Crippen LogP contribution in [-0.2, 0) is 17.4 Å². The van der Waals surface area contributed by atoms with Gasteiger partial charge in [-0.25, -0.2) is 0 Å². The molecule has 2 rings (SSSR count). The highest BCUT2D eigenvalue weighted by molar-refractivity contribution is 5.56. The van der Waals surface area contributed by atoms with E-state index in [1.165, 1.54) is 0 Å². The molecular weight excluding hydrogens is 274 g/mol. The van der Waals surface area contributed by atoms with Gasteiger partial charge in [0, 0.05) is 6.54 Å². The summed E-state index contributed by atoms with van der Waals surface area (Å²) in [5.74, 6) is 0. The molecule has 22 heavy (non-hydrogen) atoms. The molecule has 0 atom stereocenters. The highest BCUT2D eigenvalue weighted by atomic mass is 15.5. The van der Waals surface area contributed by atoms with E-state index in [4.69, 9.17) is 0 Å². The SMILES string of the molecule is CC(C)(C#N)c1cc(CN2C=NNC2)cc(C(C)(C)C#N)c1. The molecule has 114 valence electrons. The first-order chi connectivity index (χ1) is 10.3. The van der Waals surface area contributed by atoms with Crippen LogP contribution in [0, 0.1) is 22.7 Å². The highest BCUT2D eigenvalue weighted by Gasteiger charge is 2.26. The summed E-state index contributed by atoms with van der Waals surface area (Å²) in [6, 6.07) is 10.8. The van der Waals surface area contributed by atoms with Gasteiger partial charge in [0.25, 0.3) is 0 Å². The first-order valence-electron chi connectivity index (χ1n) is 7.26. The summed E-state index contributed by atoms with van der Waals surface area (Å²) in [5.41, 5.74) is 4.67. The van der Waals surface area contributed by atoms with Crippen molar-refractivity contribution in [1.29, 1.82) is 10.5 Å². The third kappa shape index (κ3) is 3.20. The van der Waals surface area contributed by atoms with Crippen LogP contribution in [0.1, 0.15) is 44.4 Å². The van der Waals surface area contributed by atoms with Gasteiger partial charge in [0.2, 0.25) is 0 Å². The average Bonchev–Trinajstić information content (AvgIpc) is 2.99. The van der Waals surface area contributed by atoms with E-state index in [2.05, 4.69) is 22.7 Å². The maximum absolute atomic E-state index is 9.42. The number of hydrogen-bond donors (Lipinski definition) is 1. The summed E-state index contributed by atoms with van der Waals surface area (Å²) >= 11 is 0. The lowest BCUT2D eigenvalue weighted by Gasteiger charge is -2.24. The van der Waals surface area contributed by atoms with Gasteiger partial charge >= 0.3 is 0 Å². The molecule has 5 nitrogen and oxygen atoms in total. The van der Waals surface area contributed by atoms with E-state index in [1.807, 2.05) is 50.8 Å². The van der Waals surface area contributed by atoms with E-state index < -0.39 is 10.8 Å². The Hall–Kier alpha value is -2.53. The first kappa shape index (κ1) is 15.9. The number of hydrazone groups is 1. The van der Waals surface area contributed by atoms with E-state index in [0.29, 0.717) is 13.2 Å². The second-order valence-corrected chi connectivity index (χ2v) is 6.70. The summed E-state index contributed by atoms with van der Waals surface area (Å²) in [6.45, 7) is 8.95. The number of nitrogens with zero attached hydrogens (tertiary/aromatic N) is 4. The molecule has 1 aromatic rings. The zero-order chi connectivity index (χ0) is 16.4. The summed E-state index contributed by atoms with van der Waals surface area (Å²) in [6.07, 6.45) is 1.76. The summed E-state index contributed by atoms with van der Waals surface area (Å²) in [4.78, 5) is 2.04. The van der Waals surface area contributed by atoms with Crippen molar-refractivity contribution >= 4 is 6.34 Å². The third-order valence-corrected chi connectivity index (χ3v) is 3.97. The summed E-state index contributed by atoms with van der Waals surface area (Å²) < 4.78 is 0. The Labute approximate surface area is 131 Å². The largest absolute Gasteiger partial charge is 0.338 e. The van der Waals surface area contributed by atoms with Crippen LogP contribution < -0.4 is 5.43 Å².